The number of carbonyl (C=O) groups excluding carboxylic acids is 1. The standard InChI is InChI=1S/C21H28N7O17P3.Na.H2O/c22-17-12-19(25-7-24-17)28(8-26-12)21-15(31)16(44-46(33,34)35)11(43-21)6-41-48(38,39)45-47(36,37)40-5-10-13(29)14(30)20(42-10)27-3-1-2-9(4-27)18(23)32;;/h1-4,7-8,10-11,13-16,20-21,29-31H,5-6H2,(H7-,22,23,24,25,32,33,34,35,36,37,38,39);;1H2/q;+1;/p-1/t10-,11-,13-,14-,15?,16-,20-,21-;;/m1../s1. The van der Waals surface area contributed by atoms with Gasteiger partial charge in [0.1, 0.15) is 47.9 Å². The van der Waals surface area contributed by atoms with E-state index in [1.165, 1.54) is 29.1 Å². The quantitative estimate of drug-likeness (QED) is 0.0481. The summed E-state index contributed by atoms with van der Waals surface area (Å²) in [6.45, 7) is -2.26. The first-order chi connectivity index (χ1) is 22.4. The molecule has 11 N–H and O–H groups in total. The second-order valence-electron chi connectivity index (χ2n) is 10.2. The number of aliphatic hydroxyl groups excluding tert-OH is 3. The van der Waals surface area contributed by atoms with E-state index < -0.39 is 91.7 Å². The summed E-state index contributed by atoms with van der Waals surface area (Å²) < 4.78 is 67.4. The summed E-state index contributed by atoms with van der Waals surface area (Å²) in [5.41, 5.74) is 11.1. The molecule has 0 radical (unpaired) electrons. The van der Waals surface area contributed by atoms with Crippen molar-refractivity contribution < 1.29 is 120 Å². The maximum Gasteiger partial charge on any atom is 1.00 e. The van der Waals surface area contributed by atoms with Crippen LogP contribution in [-0.2, 0) is 41.1 Å². The van der Waals surface area contributed by atoms with Gasteiger partial charge in [0.05, 0.1) is 19.5 Å². The molecule has 0 aromatic carbocycles. The number of nitrogen functional groups attached to an aromatic ring is 1. The minimum Gasteiger partial charge on any atom is -0.756 e. The van der Waals surface area contributed by atoms with Crippen LogP contribution < -0.4 is 55.4 Å². The van der Waals surface area contributed by atoms with E-state index >= 15 is 0 Å². The monoisotopic (exact) mass is 783 g/mol. The van der Waals surface area contributed by atoms with Crippen LogP contribution in [0.25, 0.3) is 11.2 Å². The Morgan fingerprint density at radius 1 is 1.00 bits per heavy atom. The van der Waals surface area contributed by atoms with E-state index in [0.717, 1.165) is 17.2 Å². The molecule has 29 heteroatoms. The molecule has 25 nitrogen and oxygen atoms in total. The number of rotatable bonds is 13. The van der Waals surface area contributed by atoms with E-state index in [2.05, 4.69) is 32.8 Å². The van der Waals surface area contributed by atoms with E-state index in [1.54, 1.807) is 0 Å². The number of phosphoric acid groups is 3. The number of primary amides is 1. The number of imidazole rings is 1. The molecule has 1 amide bonds. The van der Waals surface area contributed by atoms with Gasteiger partial charge in [0.25, 0.3) is 27.8 Å². The zero-order chi connectivity index (χ0) is 35.2. The van der Waals surface area contributed by atoms with Crippen LogP contribution in [-0.4, -0.2) is 106 Å². The van der Waals surface area contributed by atoms with Gasteiger partial charge in [0, 0.05) is 6.07 Å². The summed E-state index contributed by atoms with van der Waals surface area (Å²) in [4.78, 5) is 66.6. The molecule has 50 heavy (non-hydrogen) atoms. The maximum atomic E-state index is 12.4. The van der Waals surface area contributed by atoms with Gasteiger partial charge in [-0.25, -0.2) is 23.8 Å². The molecule has 5 heterocycles. The van der Waals surface area contributed by atoms with Crippen molar-refractivity contribution in [3.8, 4) is 0 Å². The van der Waals surface area contributed by atoms with E-state index in [0.29, 0.717) is 0 Å². The van der Waals surface area contributed by atoms with E-state index in [9.17, 15) is 53.4 Å². The number of fused-ring (bicyclic) bond motifs is 1. The predicted molar refractivity (Wildman–Crippen MR) is 149 cm³/mol. The Labute approximate surface area is 301 Å². The number of amides is 1. The molecular formula is C21H29N7NaO18P3. The van der Waals surface area contributed by atoms with Crippen molar-refractivity contribution >= 4 is 46.4 Å². The number of hydrogen-bond acceptors (Lipinski definition) is 19. The van der Waals surface area contributed by atoms with Crippen LogP contribution in [0.3, 0.4) is 0 Å². The molecule has 2 saturated heterocycles. The smallest absolute Gasteiger partial charge is 0.756 e. The van der Waals surface area contributed by atoms with Gasteiger partial charge in [-0.05, 0) is 6.07 Å². The third-order valence-electron chi connectivity index (χ3n) is 6.96. The van der Waals surface area contributed by atoms with Gasteiger partial charge < -0.3 is 70.4 Å². The topological polar surface area (TPSA) is 402 Å². The van der Waals surface area contributed by atoms with Crippen molar-refractivity contribution in [3.05, 3.63) is 42.7 Å². The van der Waals surface area contributed by atoms with Crippen molar-refractivity contribution in [1.82, 2.24) is 19.5 Å². The van der Waals surface area contributed by atoms with Crippen molar-refractivity contribution in [3.63, 3.8) is 0 Å². The normalized spacial score (nSPS) is 29.1. The molecule has 5 rings (SSSR count). The first kappa shape index (κ1) is 42.5. The molecule has 272 valence electrons. The Hall–Kier alpha value is -1.90. The number of nitrogens with two attached hydrogens (primary N) is 2. The van der Waals surface area contributed by atoms with E-state index in [4.69, 9.17) is 20.9 Å². The van der Waals surface area contributed by atoms with Crippen LogP contribution in [0.2, 0.25) is 0 Å². The Morgan fingerprint density at radius 3 is 2.26 bits per heavy atom. The molecule has 2 fully saturated rings. The van der Waals surface area contributed by atoms with Crippen molar-refractivity contribution in [2.45, 2.75) is 49.1 Å². The number of aromatic nitrogens is 5. The summed E-state index contributed by atoms with van der Waals surface area (Å²) in [6, 6.07) is 2.75. The SMILES string of the molecule is NC(=O)c1ccc[n+]([C@@H]2O[C@H](COP(=O)([O-])OP(=O)([O-])OC[C@H]3O[C@@H](n4cnc5c(N)ncnc54)C(O)[C@@H]3OP(=O)(O)O)[C@@H](O)[C@H]2O)c1.O.[Na+]. The third kappa shape index (κ3) is 9.74. The first-order valence-corrected chi connectivity index (χ1v) is 17.8. The van der Waals surface area contributed by atoms with Crippen LogP contribution >= 0.6 is 23.5 Å². The summed E-state index contributed by atoms with van der Waals surface area (Å²) in [5, 5.41) is 31.5. The van der Waals surface area contributed by atoms with Crippen LogP contribution in [0.15, 0.2) is 37.2 Å². The predicted octanol–water partition coefficient (Wildman–Crippen LogP) is -7.98. The van der Waals surface area contributed by atoms with Crippen LogP contribution in [0.4, 0.5) is 5.82 Å². The number of ether oxygens (including phenoxy) is 2. The molecule has 3 unspecified atom stereocenters. The molecule has 0 spiro atoms. The van der Waals surface area contributed by atoms with Gasteiger partial charge in [-0.1, -0.05) is 0 Å². The Bertz CT molecular complexity index is 1820. The zero-order valence-corrected chi connectivity index (χ0v) is 30.0. The van der Waals surface area contributed by atoms with E-state index in [-0.39, 0.29) is 57.6 Å². The first-order valence-electron chi connectivity index (χ1n) is 13.3. The summed E-state index contributed by atoms with van der Waals surface area (Å²) in [5.74, 6) is -0.861. The van der Waals surface area contributed by atoms with E-state index in [1.807, 2.05) is 0 Å². The van der Waals surface area contributed by atoms with Crippen molar-refractivity contribution in [2.75, 3.05) is 18.9 Å². The number of pyridine rings is 1. The fraction of sp³-hybridized carbons (Fsp3) is 0.476. The molecule has 0 aliphatic carbocycles. The summed E-state index contributed by atoms with van der Waals surface area (Å²) in [7, 11) is -17.0. The molecular weight excluding hydrogens is 754 g/mol. The molecule has 3 aromatic rings. The Morgan fingerprint density at radius 2 is 1.64 bits per heavy atom. The molecule has 2 aliphatic heterocycles. The molecule has 3 aromatic heterocycles. The van der Waals surface area contributed by atoms with Gasteiger partial charge in [0.2, 0.25) is 0 Å². The fourth-order valence-corrected chi connectivity index (χ4v) is 7.43. The number of anilines is 1. The number of aliphatic hydroxyl groups is 3. The minimum absolute atomic E-state index is 0. The van der Waals surface area contributed by atoms with Crippen LogP contribution in [0, 0.1) is 0 Å². The summed E-state index contributed by atoms with van der Waals surface area (Å²) >= 11 is 0. The van der Waals surface area contributed by atoms with Gasteiger partial charge in [-0.3, -0.25) is 23.0 Å². The fourth-order valence-electron chi connectivity index (χ4n) is 4.84. The van der Waals surface area contributed by atoms with Crippen LogP contribution in [0.5, 0.6) is 0 Å². The Balaban J connectivity index is 0.00000338. The molecule has 0 saturated carbocycles. The van der Waals surface area contributed by atoms with Crippen molar-refractivity contribution in [1.29, 1.82) is 0 Å². The van der Waals surface area contributed by atoms with Crippen LogP contribution in [0.1, 0.15) is 22.8 Å². The third-order valence-corrected chi connectivity index (χ3v) is 10.0. The van der Waals surface area contributed by atoms with Gasteiger partial charge in [-0.15, -0.1) is 0 Å². The second-order valence-corrected chi connectivity index (χ2v) is 14.4. The average Bonchev–Trinajstić information content (AvgIpc) is 3.64. The van der Waals surface area contributed by atoms with Gasteiger partial charge in [-0.2, -0.15) is 4.57 Å². The molecule has 2 aliphatic rings. The molecule has 0 bridgehead atoms. The maximum absolute atomic E-state index is 12.4. The largest absolute Gasteiger partial charge is 1.00 e. The number of phosphoric ester groups is 3. The number of carbonyl (C=O) groups is 1. The van der Waals surface area contributed by atoms with Crippen molar-refractivity contribution in [2.24, 2.45) is 5.73 Å². The zero-order valence-electron chi connectivity index (χ0n) is 25.4. The summed E-state index contributed by atoms with van der Waals surface area (Å²) in [6.07, 6.45) is -8.80. The minimum atomic E-state index is -5.87. The van der Waals surface area contributed by atoms with Gasteiger partial charge in [0.15, 0.2) is 36.2 Å². The number of hydrogen-bond donors (Lipinski definition) is 7. The van der Waals surface area contributed by atoms with Gasteiger partial charge >= 0.3 is 37.4 Å². The average molecular weight is 783 g/mol. The second kappa shape index (κ2) is 16.4. The Kier molecular flexibility index (Phi) is 14.0. The molecule has 10 atom stereocenters. The number of nitrogens with zero attached hydrogens (tertiary/aromatic N) is 5.